The van der Waals surface area contributed by atoms with Crippen LogP contribution < -0.4 is 4.90 Å². The molecule has 2 saturated heterocycles. The summed E-state index contributed by atoms with van der Waals surface area (Å²) < 4.78 is 44.9. The summed E-state index contributed by atoms with van der Waals surface area (Å²) in [5.41, 5.74) is -0.580. The van der Waals surface area contributed by atoms with Crippen LogP contribution in [-0.2, 0) is 14.8 Å². The van der Waals surface area contributed by atoms with Gasteiger partial charge in [-0.15, -0.1) is 0 Å². The summed E-state index contributed by atoms with van der Waals surface area (Å²) in [5.74, 6) is -0.0583. The van der Waals surface area contributed by atoms with Gasteiger partial charge in [0.1, 0.15) is 0 Å². The highest BCUT2D eigenvalue weighted by molar-refractivity contribution is 7.88. The highest BCUT2D eigenvalue weighted by atomic mass is 32.2. The van der Waals surface area contributed by atoms with E-state index in [4.69, 9.17) is 4.74 Å². The molecule has 1 aromatic rings. The second-order valence-electron chi connectivity index (χ2n) is 5.96. The Labute approximate surface area is 129 Å². The second kappa shape index (κ2) is 5.75. The largest absolute Gasteiger partial charge is 0.370 e. The number of aromatic nitrogens is 1. The van der Waals surface area contributed by atoms with Crippen molar-refractivity contribution in [1.29, 1.82) is 0 Å². The van der Waals surface area contributed by atoms with Gasteiger partial charge in [-0.25, -0.2) is 17.8 Å². The summed E-state index contributed by atoms with van der Waals surface area (Å²) in [4.78, 5) is 5.96. The molecule has 2 aliphatic rings. The Morgan fingerprint density at radius 2 is 2.18 bits per heavy atom. The van der Waals surface area contributed by atoms with Crippen LogP contribution in [0.4, 0.5) is 10.2 Å². The van der Waals surface area contributed by atoms with Crippen LogP contribution in [0.1, 0.15) is 12.8 Å². The third-order valence-corrected chi connectivity index (χ3v) is 5.51. The molecule has 122 valence electrons. The van der Waals surface area contributed by atoms with Gasteiger partial charge >= 0.3 is 0 Å². The Kier molecular flexibility index (Phi) is 4.09. The number of ether oxygens (including phenoxy) is 1. The summed E-state index contributed by atoms with van der Waals surface area (Å²) in [6, 6.07) is 2.94. The van der Waals surface area contributed by atoms with Gasteiger partial charge in [0.15, 0.2) is 11.6 Å². The summed E-state index contributed by atoms with van der Waals surface area (Å²) in [6.07, 6.45) is 4.35. The van der Waals surface area contributed by atoms with Crippen molar-refractivity contribution in [3.05, 3.63) is 24.1 Å². The Balaban J connectivity index is 1.82. The number of hydrogen-bond acceptors (Lipinski definition) is 5. The normalized spacial score (nSPS) is 27.3. The molecular weight excluding hydrogens is 309 g/mol. The smallest absolute Gasteiger partial charge is 0.211 e. The SMILES string of the molecule is CS(=O)(=O)N1CCOC2(CCCN(c3ncccc3F)C2)C1. The highest BCUT2D eigenvalue weighted by Gasteiger charge is 2.43. The Bertz CT molecular complexity index is 650. The van der Waals surface area contributed by atoms with Gasteiger partial charge in [0.05, 0.1) is 18.5 Å². The van der Waals surface area contributed by atoms with Crippen LogP contribution in [-0.4, -0.2) is 62.3 Å². The predicted molar refractivity (Wildman–Crippen MR) is 80.7 cm³/mol. The van der Waals surface area contributed by atoms with Crippen molar-refractivity contribution in [3.8, 4) is 0 Å². The molecule has 3 heterocycles. The summed E-state index contributed by atoms with van der Waals surface area (Å²) in [5, 5.41) is 0. The zero-order chi connectivity index (χ0) is 15.8. The Morgan fingerprint density at radius 1 is 1.36 bits per heavy atom. The molecule has 22 heavy (non-hydrogen) atoms. The van der Waals surface area contributed by atoms with Crippen molar-refractivity contribution < 1.29 is 17.5 Å². The van der Waals surface area contributed by atoms with Gasteiger partial charge in [-0.2, -0.15) is 4.31 Å². The van der Waals surface area contributed by atoms with E-state index in [9.17, 15) is 12.8 Å². The molecule has 3 rings (SSSR count). The summed E-state index contributed by atoms with van der Waals surface area (Å²) in [6.45, 7) is 2.20. The lowest BCUT2D eigenvalue weighted by molar-refractivity contribution is -0.0950. The van der Waals surface area contributed by atoms with Crippen LogP contribution in [0, 0.1) is 5.82 Å². The van der Waals surface area contributed by atoms with Crippen molar-refractivity contribution in [2.45, 2.75) is 18.4 Å². The molecule has 0 amide bonds. The first-order valence-electron chi connectivity index (χ1n) is 7.34. The van der Waals surface area contributed by atoms with Crippen LogP contribution in [0.2, 0.25) is 0 Å². The average molecular weight is 329 g/mol. The van der Waals surface area contributed by atoms with Crippen molar-refractivity contribution >= 4 is 15.8 Å². The quantitative estimate of drug-likeness (QED) is 0.805. The number of sulfonamides is 1. The van der Waals surface area contributed by atoms with Gasteiger partial charge in [-0.3, -0.25) is 0 Å². The van der Waals surface area contributed by atoms with Crippen LogP contribution >= 0.6 is 0 Å². The first-order valence-corrected chi connectivity index (χ1v) is 9.19. The van der Waals surface area contributed by atoms with Gasteiger partial charge < -0.3 is 9.64 Å². The number of nitrogens with zero attached hydrogens (tertiary/aromatic N) is 3. The first-order chi connectivity index (χ1) is 10.4. The number of piperidine rings is 1. The maximum absolute atomic E-state index is 13.9. The molecule has 0 radical (unpaired) electrons. The zero-order valence-corrected chi connectivity index (χ0v) is 13.4. The van der Waals surface area contributed by atoms with Gasteiger partial charge in [-0.05, 0) is 25.0 Å². The van der Waals surface area contributed by atoms with Crippen LogP contribution in [0.25, 0.3) is 0 Å². The van der Waals surface area contributed by atoms with Crippen LogP contribution in [0.5, 0.6) is 0 Å². The molecule has 1 unspecified atom stereocenters. The number of halogens is 1. The molecule has 1 atom stereocenters. The fraction of sp³-hybridized carbons (Fsp3) is 0.643. The van der Waals surface area contributed by atoms with E-state index in [0.29, 0.717) is 38.6 Å². The fourth-order valence-electron chi connectivity index (χ4n) is 3.23. The molecule has 0 aliphatic carbocycles. The maximum Gasteiger partial charge on any atom is 0.211 e. The molecule has 1 aromatic heterocycles. The molecular formula is C14H20FN3O3S. The predicted octanol–water partition coefficient (Wildman–Crippen LogP) is 0.851. The van der Waals surface area contributed by atoms with E-state index in [0.717, 1.165) is 12.8 Å². The highest BCUT2D eigenvalue weighted by Crippen LogP contribution is 2.32. The monoisotopic (exact) mass is 329 g/mol. The fourth-order valence-corrected chi connectivity index (χ4v) is 4.10. The maximum atomic E-state index is 13.9. The minimum Gasteiger partial charge on any atom is -0.370 e. The number of hydrogen-bond donors (Lipinski definition) is 0. The van der Waals surface area contributed by atoms with Crippen LogP contribution in [0.3, 0.4) is 0 Å². The van der Waals surface area contributed by atoms with Crippen molar-refractivity contribution in [3.63, 3.8) is 0 Å². The third-order valence-electron chi connectivity index (χ3n) is 4.26. The standard InChI is InChI=1S/C14H20FN3O3S/c1-22(19,20)18-8-9-21-14(11-18)5-3-7-17(10-14)13-12(15)4-2-6-16-13/h2,4,6H,3,5,7-11H2,1H3. The van der Waals surface area contributed by atoms with Gasteiger partial charge in [0.25, 0.3) is 0 Å². The minimum absolute atomic E-state index is 0.307. The summed E-state index contributed by atoms with van der Waals surface area (Å²) in [7, 11) is -3.25. The van der Waals surface area contributed by atoms with E-state index in [1.54, 1.807) is 12.3 Å². The summed E-state index contributed by atoms with van der Waals surface area (Å²) >= 11 is 0. The van der Waals surface area contributed by atoms with Gasteiger partial charge in [-0.1, -0.05) is 0 Å². The van der Waals surface area contributed by atoms with Gasteiger partial charge in [0.2, 0.25) is 10.0 Å². The van der Waals surface area contributed by atoms with E-state index in [1.807, 2.05) is 4.90 Å². The van der Waals surface area contributed by atoms with E-state index in [-0.39, 0.29) is 5.82 Å². The number of morpholine rings is 1. The lowest BCUT2D eigenvalue weighted by Crippen LogP contribution is -2.60. The Morgan fingerprint density at radius 3 is 2.91 bits per heavy atom. The van der Waals surface area contributed by atoms with Crippen LogP contribution in [0.15, 0.2) is 18.3 Å². The van der Waals surface area contributed by atoms with Gasteiger partial charge in [0, 0.05) is 32.4 Å². The lowest BCUT2D eigenvalue weighted by Gasteiger charge is -2.47. The molecule has 2 fully saturated rings. The van der Waals surface area contributed by atoms with E-state index in [2.05, 4.69) is 4.98 Å². The zero-order valence-electron chi connectivity index (χ0n) is 12.5. The van der Waals surface area contributed by atoms with E-state index >= 15 is 0 Å². The molecule has 6 nitrogen and oxygen atoms in total. The molecule has 1 spiro atoms. The van der Waals surface area contributed by atoms with Crippen molar-refractivity contribution in [1.82, 2.24) is 9.29 Å². The van der Waals surface area contributed by atoms with Crippen molar-refractivity contribution in [2.24, 2.45) is 0 Å². The number of anilines is 1. The lowest BCUT2D eigenvalue weighted by atomic mass is 9.91. The minimum atomic E-state index is -3.25. The van der Waals surface area contributed by atoms with E-state index in [1.165, 1.54) is 16.6 Å². The average Bonchev–Trinajstić information content (AvgIpc) is 2.47. The Hall–Kier alpha value is -1.25. The first kappa shape index (κ1) is 15.6. The number of pyridine rings is 1. The third kappa shape index (κ3) is 3.09. The molecule has 0 aromatic carbocycles. The second-order valence-corrected chi connectivity index (χ2v) is 7.94. The topological polar surface area (TPSA) is 62.7 Å². The molecule has 0 N–H and O–H groups in total. The molecule has 8 heteroatoms. The van der Waals surface area contributed by atoms with Crippen molar-refractivity contribution in [2.75, 3.05) is 43.9 Å². The van der Waals surface area contributed by atoms with E-state index < -0.39 is 15.6 Å². The molecule has 0 saturated carbocycles. The molecule has 0 bridgehead atoms. The number of rotatable bonds is 2. The molecule has 2 aliphatic heterocycles.